The summed E-state index contributed by atoms with van der Waals surface area (Å²) in [4.78, 5) is 14.3. The highest BCUT2D eigenvalue weighted by atomic mass is 19.1. The second-order valence-electron chi connectivity index (χ2n) is 9.39. The molecule has 0 bridgehead atoms. The number of likely N-dealkylation sites (tertiary alicyclic amines) is 1. The molecule has 2 saturated heterocycles. The van der Waals surface area contributed by atoms with Crippen molar-refractivity contribution in [2.45, 2.75) is 89.9 Å². The van der Waals surface area contributed by atoms with Crippen LogP contribution in [0.25, 0.3) is 0 Å². The van der Waals surface area contributed by atoms with Crippen LogP contribution in [0.1, 0.15) is 70.9 Å². The Morgan fingerprint density at radius 1 is 1.23 bits per heavy atom. The SMILES string of the molecule is CC(C)(C)OC(=O)N1CCC[C@@H]1[C@](C)(O)c1ccc(F)cc1CO[C@@H]1CCCCO1. The number of aliphatic hydroxyl groups is 1. The molecule has 0 saturated carbocycles. The van der Waals surface area contributed by atoms with E-state index in [-0.39, 0.29) is 12.9 Å². The van der Waals surface area contributed by atoms with Crippen LogP contribution in [0.4, 0.5) is 9.18 Å². The van der Waals surface area contributed by atoms with Gasteiger partial charge in [-0.1, -0.05) is 6.07 Å². The molecule has 7 heteroatoms. The minimum atomic E-state index is -1.38. The fraction of sp³-hybridized carbons (Fsp3) is 0.696. The predicted molar refractivity (Wildman–Crippen MR) is 110 cm³/mol. The number of ether oxygens (including phenoxy) is 3. The first-order valence-corrected chi connectivity index (χ1v) is 10.8. The predicted octanol–water partition coefficient (Wildman–Crippen LogP) is 4.48. The molecule has 0 radical (unpaired) electrons. The smallest absolute Gasteiger partial charge is 0.410 e. The van der Waals surface area contributed by atoms with Crippen LogP contribution in [0.5, 0.6) is 0 Å². The van der Waals surface area contributed by atoms with Crippen LogP contribution >= 0.6 is 0 Å². The van der Waals surface area contributed by atoms with Gasteiger partial charge in [0.15, 0.2) is 6.29 Å². The van der Waals surface area contributed by atoms with Crippen LogP contribution in [0, 0.1) is 5.82 Å². The van der Waals surface area contributed by atoms with E-state index in [0.29, 0.717) is 30.7 Å². The molecule has 30 heavy (non-hydrogen) atoms. The Morgan fingerprint density at radius 3 is 2.67 bits per heavy atom. The molecule has 1 N–H and O–H groups in total. The van der Waals surface area contributed by atoms with Crippen molar-refractivity contribution in [1.82, 2.24) is 4.90 Å². The van der Waals surface area contributed by atoms with E-state index in [1.165, 1.54) is 12.1 Å². The molecular weight excluding hydrogens is 389 g/mol. The van der Waals surface area contributed by atoms with E-state index < -0.39 is 29.2 Å². The zero-order valence-electron chi connectivity index (χ0n) is 18.4. The van der Waals surface area contributed by atoms with Gasteiger partial charge in [-0.2, -0.15) is 0 Å². The Morgan fingerprint density at radius 2 is 2.00 bits per heavy atom. The number of hydrogen-bond acceptors (Lipinski definition) is 5. The third-order valence-electron chi connectivity index (χ3n) is 5.70. The van der Waals surface area contributed by atoms with Crippen molar-refractivity contribution in [1.29, 1.82) is 0 Å². The summed E-state index contributed by atoms with van der Waals surface area (Å²) in [6, 6.07) is 3.83. The summed E-state index contributed by atoms with van der Waals surface area (Å²) in [6.07, 6.45) is 3.49. The van der Waals surface area contributed by atoms with Gasteiger partial charge in [0.05, 0.1) is 12.6 Å². The minimum Gasteiger partial charge on any atom is -0.444 e. The standard InChI is InChI=1S/C23H34FNO5/c1-22(2,3)30-21(26)25-12-7-8-19(25)23(4,27)18-11-10-17(24)14-16(18)15-29-20-9-5-6-13-28-20/h10-11,14,19-20,27H,5-9,12-13,15H2,1-4H3/t19-,20-,23-/m1/s1. The molecule has 1 aromatic rings. The molecule has 2 aliphatic heterocycles. The molecule has 3 rings (SSSR count). The van der Waals surface area contributed by atoms with E-state index in [1.807, 2.05) is 20.8 Å². The number of nitrogens with zero attached hydrogens (tertiary/aromatic N) is 1. The summed E-state index contributed by atoms with van der Waals surface area (Å²) < 4.78 is 31.0. The third kappa shape index (κ3) is 5.50. The molecule has 0 spiro atoms. The van der Waals surface area contributed by atoms with Gasteiger partial charge in [0, 0.05) is 13.2 Å². The first-order valence-electron chi connectivity index (χ1n) is 10.8. The monoisotopic (exact) mass is 423 g/mol. The third-order valence-corrected chi connectivity index (χ3v) is 5.70. The van der Waals surface area contributed by atoms with E-state index in [9.17, 15) is 14.3 Å². The van der Waals surface area contributed by atoms with Crippen LogP contribution in [0.2, 0.25) is 0 Å². The Labute approximate surface area is 178 Å². The van der Waals surface area contributed by atoms with Crippen LogP contribution in [0.15, 0.2) is 18.2 Å². The molecule has 168 valence electrons. The van der Waals surface area contributed by atoms with Gasteiger partial charge >= 0.3 is 6.09 Å². The van der Waals surface area contributed by atoms with Crippen molar-refractivity contribution in [2.75, 3.05) is 13.2 Å². The van der Waals surface area contributed by atoms with Crippen molar-refractivity contribution >= 4 is 6.09 Å². The number of hydrogen-bond donors (Lipinski definition) is 1. The van der Waals surface area contributed by atoms with E-state index in [4.69, 9.17) is 14.2 Å². The summed E-state index contributed by atoms with van der Waals surface area (Å²) in [5.74, 6) is -0.395. The van der Waals surface area contributed by atoms with Crippen molar-refractivity contribution in [3.05, 3.63) is 35.1 Å². The topological polar surface area (TPSA) is 68.2 Å². The molecule has 3 atom stereocenters. The number of halogens is 1. The van der Waals surface area contributed by atoms with Gasteiger partial charge < -0.3 is 24.2 Å². The maximum Gasteiger partial charge on any atom is 0.410 e. The second-order valence-corrected chi connectivity index (χ2v) is 9.39. The fourth-order valence-electron chi connectivity index (χ4n) is 4.27. The highest BCUT2D eigenvalue weighted by Gasteiger charge is 2.45. The van der Waals surface area contributed by atoms with E-state index in [0.717, 1.165) is 25.7 Å². The summed E-state index contributed by atoms with van der Waals surface area (Å²) >= 11 is 0. The van der Waals surface area contributed by atoms with Crippen LogP contribution in [-0.4, -0.2) is 47.2 Å². The van der Waals surface area contributed by atoms with Gasteiger partial charge in [-0.3, -0.25) is 0 Å². The summed E-state index contributed by atoms with van der Waals surface area (Å²) in [5, 5.41) is 11.6. The minimum absolute atomic E-state index is 0.132. The molecule has 2 aliphatic rings. The lowest BCUT2D eigenvalue weighted by atomic mass is 9.84. The lowest BCUT2D eigenvalue weighted by Crippen LogP contribution is -2.50. The van der Waals surface area contributed by atoms with E-state index in [2.05, 4.69) is 0 Å². The molecule has 1 aromatic carbocycles. The zero-order valence-corrected chi connectivity index (χ0v) is 18.4. The molecule has 0 aromatic heterocycles. The van der Waals surface area contributed by atoms with Crippen molar-refractivity contribution in [2.24, 2.45) is 0 Å². The molecule has 2 heterocycles. The number of amides is 1. The number of carbonyl (C=O) groups excluding carboxylic acids is 1. The summed E-state index contributed by atoms with van der Waals surface area (Å²) in [7, 11) is 0. The fourth-order valence-corrected chi connectivity index (χ4v) is 4.27. The Kier molecular flexibility index (Phi) is 7.05. The van der Waals surface area contributed by atoms with Crippen LogP contribution in [0.3, 0.4) is 0 Å². The number of carbonyl (C=O) groups is 1. The normalized spacial score (nSPS) is 24.5. The molecule has 0 unspecified atom stereocenters. The lowest BCUT2D eigenvalue weighted by Gasteiger charge is -2.38. The Balaban J connectivity index is 1.81. The number of benzene rings is 1. The zero-order chi connectivity index (χ0) is 21.9. The van der Waals surface area contributed by atoms with Gasteiger partial charge in [0.25, 0.3) is 0 Å². The molecule has 1 amide bonds. The first-order chi connectivity index (χ1) is 14.1. The van der Waals surface area contributed by atoms with Crippen LogP contribution < -0.4 is 0 Å². The average Bonchev–Trinajstić information content (AvgIpc) is 3.17. The Hall–Kier alpha value is -1.70. The average molecular weight is 424 g/mol. The second kappa shape index (κ2) is 9.20. The van der Waals surface area contributed by atoms with Crippen molar-refractivity contribution in [3.63, 3.8) is 0 Å². The quantitative estimate of drug-likeness (QED) is 0.757. The molecule has 6 nitrogen and oxygen atoms in total. The van der Waals surface area contributed by atoms with Crippen LogP contribution in [-0.2, 0) is 26.4 Å². The Bertz CT molecular complexity index is 740. The van der Waals surface area contributed by atoms with E-state index >= 15 is 0 Å². The van der Waals surface area contributed by atoms with Gasteiger partial charge in [0.2, 0.25) is 0 Å². The first kappa shape index (κ1) is 23.0. The van der Waals surface area contributed by atoms with Gasteiger partial charge in [-0.15, -0.1) is 0 Å². The largest absolute Gasteiger partial charge is 0.444 e. The summed E-state index contributed by atoms with van der Waals surface area (Å²) in [6.45, 7) is 8.43. The van der Waals surface area contributed by atoms with E-state index in [1.54, 1.807) is 17.9 Å². The molecule has 2 fully saturated rings. The van der Waals surface area contributed by atoms with Gasteiger partial charge in [0.1, 0.15) is 17.0 Å². The maximum atomic E-state index is 14.0. The number of rotatable bonds is 5. The maximum absolute atomic E-state index is 14.0. The lowest BCUT2D eigenvalue weighted by molar-refractivity contribution is -0.169. The summed E-state index contributed by atoms with van der Waals surface area (Å²) in [5.41, 5.74) is -0.886. The van der Waals surface area contributed by atoms with Crippen molar-refractivity contribution in [3.8, 4) is 0 Å². The highest BCUT2D eigenvalue weighted by Crippen LogP contribution is 2.37. The highest BCUT2D eigenvalue weighted by molar-refractivity contribution is 5.69. The van der Waals surface area contributed by atoms with Gasteiger partial charge in [-0.25, -0.2) is 9.18 Å². The molecule has 0 aliphatic carbocycles. The van der Waals surface area contributed by atoms with Gasteiger partial charge in [-0.05, 0) is 83.1 Å². The molecular formula is C23H34FNO5. The van der Waals surface area contributed by atoms with Crippen molar-refractivity contribution < 1.29 is 28.5 Å².